The molecule has 0 saturated heterocycles. The van der Waals surface area contributed by atoms with Crippen molar-refractivity contribution in [1.29, 1.82) is 0 Å². The van der Waals surface area contributed by atoms with Gasteiger partial charge in [-0.1, -0.05) is 138 Å². The molecule has 0 spiro atoms. The molecule has 0 aromatic rings. The normalized spacial score (nSPS) is 14.9. The predicted octanol–water partition coefficient (Wildman–Crippen LogP) is 10.6. The van der Waals surface area contributed by atoms with Crippen molar-refractivity contribution >= 4 is 19.8 Å². The summed E-state index contributed by atoms with van der Waals surface area (Å²) >= 11 is 0. The zero-order chi connectivity index (χ0) is 42.3. The van der Waals surface area contributed by atoms with E-state index >= 15 is 0 Å². The lowest BCUT2D eigenvalue weighted by Crippen LogP contribution is -2.37. The summed E-state index contributed by atoms with van der Waals surface area (Å²) < 4.78 is 33.7. The molecule has 0 amide bonds. The Hall–Kier alpha value is -2.59. The van der Waals surface area contributed by atoms with Crippen LogP contribution in [0.5, 0.6) is 0 Å². The molecule has 1 N–H and O–H groups in total. The van der Waals surface area contributed by atoms with Gasteiger partial charge in [-0.15, -0.1) is 0 Å². The van der Waals surface area contributed by atoms with Gasteiger partial charge in [0.15, 0.2) is 6.10 Å². The molecule has 2 unspecified atom stereocenters. The molecule has 0 aliphatic heterocycles. The Morgan fingerprint density at radius 3 is 1.86 bits per heavy atom. The Kier molecular flexibility index (Phi) is 36.0. The fraction of sp³-hybridized carbons (Fsp3) is 0.696. The van der Waals surface area contributed by atoms with Gasteiger partial charge in [0.1, 0.15) is 19.8 Å². The second-order valence-corrected chi connectivity index (χ2v) is 16.9. The van der Waals surface area contributed by atoms with Crippen molar-refractivity contribution in [2.75, 3.05) is 47.5 Å². The third-order valence-corrected chi connectivity index (χ3v) is 9.78. The highest BCUT2D eigenvalue weighted by molar-refractivity contribution is 7.45. The van der Waals surface area contributed by atoms with Gasteiger partial charge >= 0.3 is 11.9 Å². The van der Waals surface area contributed by atoms with Crippen LogP contribution in [0.4, 0.5) is 0 Å². The average Bonchev–Trinajstić information content (AvgIpc) is 3.15. The number of quaternary nitrogens is 1. The number of carbonyl (C=O) groups is 2. The highest BCUT2D eigenvalue weighted by Gasteiger charge is 2.22. The van der Waals surface area contributed by atoms with Crippen molar-refractivity contribution in [3.8, 4) is 0 Å². The largest absolute Gasteiger partial charge is 0.756 e. The Morgan fingerprint density at radius 2 is 1.23 bits per heavy atom. The first kappa shape index (κ1) is 54.4. The van der Waals surface area contributed by atoms with E-state index in [1.54, 1.807) is 12.2 Å². The third-order valence-electron chi connectivity index (χ3n) is 8.81. The number of esters is 2. The summed E-state index contributed by atoms with van der Waals surface area (Å²) in [6, 6.07) is 0. The van der Waals surface area contributed by atoms with Crippen LogP contribution in [0.25, 0.3) is 0 Å². The van der Waals surface area contributed by atoms with Crippen LogP contribution in [-0.2, 0) is 32.7 Å². The molecular formula is C46H80NO9P. The van der Waals surface area contributed by atoms with Gasteiger partial charge in [-0.05, 0) is 70.6 Å². The molecule has 0 heterocycles. The van der Waals surface area contributed by atoms with Crippen LogP contribution < -0.4 is 4.89 Å². The average molecular weight is 822 g/mol. The maximum absolute atomic E-state index is 12.7. The van der Waals surface area contributed by atoms with E-state index in [0.717, 1.165) is 64.2 Å². The minimum absolute atomic E-state index is 0.00655. The van der Waals surface area contributed by atoms with Gasteiger partial charge in [0, 0.05) is 12.8 Å². The molecule has 10 nitrogen and oxygen atoms in total. The molecule has 0 aliphatic rings. The van der Waals surface area contributed by atoms with Crippen LogP contribution in [0.2, 0.25) is 0 Å². The fourth-order valence-electron chi connectivity index (χ4n) is 5.38. The number of ether oxygens (including phenoxy) is 2. The zero-order valence-corrected chi connectivity index (χ0v) is 37.3. The lowest BCUT2D eigenvalue weighted by atomic mass is 10.1. The van der Waals surface area contributed by atoms with Crippen LogP contribution in [0.1, 0.15) is 149 Å². The van der Waals surface area contributed by atoms with E-state index in [0.29, 0.717) is 30.3 Å². The van der Waals surface area contributed by atoms with Gasteiger partial charge in [0.25, 0.3) is 7.82 Å². The molecule has 0 saturated carbocycles. The van der Waals surface area contributed by atoms with Crippen molar-refractivity contribution in [3.63, 3.8) is 0 Å². The minimum atomic E-state index is -4.68. The summed E-state index contributed by atoms with van der Waals surface area (Å²) in [5.41, 5.74) is 0. The first-order valence-corrected chi connectivity index (χ1v) is 23.2. The van der Waals surface area contributed by atoms with Crippen LogP contribution in [-0.4, -0.2) is 81.2 Å². The highest BCUT2D eigenvalue weighted by atomic mass is 31.2. The zero-order valence-electron chi connectivity index (χ0n) is 36.4. The fourth-order valence-corrected chi connectivity index (χ4v) is 6.11. The SMILES string of the molecule is CC/C=C\C/C=C\C/C=C\CCCCCCCC(=O)OC[C@H](COP(=O)([O-])OCC[N+](C)(C)C)OC(=O)CCCC(O)/C=C/C=C/C/C=C/CCCCCCCC. The Balaban J connectivity index is 4.60. The van der Waals surface area contributed by atoms with E-state index in [2.05, 4.69) is 62.5 Å². The van der Waals surface area contributed by atoms with Gasteiger partial charge in [-0.25, -0.2) is 0 Å². The third kappa shape index (κ3) is 41.4. The number of hydrogen-bond acceptors (Lipinski definition) is 9. The molecule has 57 heavy (non-hydrogen) atoms. The predicted molar refractivity (Wildman–Crippen MR) is 232 cm³/mol. The number of rotatable bonds is 38. The molecule has 0 aromatic heterocycles. The number of hydrogen-bond donors (Lipinski definition) is 1. The van der Waals surface area contributed by atoms with E-state index in [4.69, 9.17) is 18.5 Å². The number of nitrogens with zero attached hydrogens (tertiary/aromatic N) is 1. The van der Waals surface area contributed by atoms with Crippen LogP contribution in [0.3, 0.4) is 0 Å². The monoisotopic (exact) mass is 822 g/mol. The van der Waals surface area contributed by atoms with E-state index in [9.17, 15) is 24.2 Å². The summed E-state index contributed by atoms with van der Waals surface area (Å²) in [6.07, 6.45) is 42.5. The van der Waals surface area contributed by atoms with Gasteiger partial charge in [0.2, 0.25) is 0 Å². The second-order valence-electron chi connectivity index (χ2n) is 15.5. The standard InChI is InChI=1S/C46H80NO9P/c1-6-8-10-12-14-16-18-20-21-23-25-27-29-31-33-37-45(49)53-41-44(42-55-57(51,52)54-40-39-47(3,4)5)56-46(50)38-34-36-43(48)35-32-30-28-26-24-22-19-17-15-13-11-9-7-2/h8,10,14,16,20-22,24,28,30,32,35,43-44,48H,6-7,9,11-13,15,17-19,23,25-27,29,31,33-34,36-42H2,1-5H3/b10-8-,16-14-,21-20-,24-22+,30-28+,35-32+/t43?,44-/m1/s1. The van der Waals surface area contributed by atoms with Crippen LogP contribution in [0, 0.1) is 0 Å². The van der Waals surface area contributed by atoms with E-state index in [-0.39, 0.29) is 26.1 Å². The minimum Gasteiger partial charge on any atom is -0.756 e. The van der Waals surface area contributed by atoms with Gasteiger partial charge in [0.05, 0.1) is 33.9 Å². The molecule has 0 rings (SSSR count). The number of carbonyl (C=O) groups excluding carboxylic acids is 2. The molecular weight excluding hydrogens is 741 g/mol. The second kappa shape index (κ2) is 37.7. The van der Waals surface area contributed by atoms with Crippen molar-refractivity contribution in [2.45, 2.75) is 161 Å². The summed E-state index contributed by atoms with van der Waals surface area (Å²) in [5.74, 6) is -1.06. The van der Waals surface area contributed by atoms with Crippen molar-refractivity contribution in [2.24, 2.45) is 0 Å². The molecule has 0 fully saturated rings. The van der Waals surface area contributed by atoms with E-state index in [1.165, 1.54) is 38.5 Å². The number of phosphoric acid groups is 1. The Morgan fingerprint density at radius 1 is 0.667 bits per heavy atom. The molecule has 0 aromatic carbocycles. The number of aliphatic hydroxyl groups is 1. The number of allylic oxidation sites excluding steroid dienone is 11. The quantitative estimate of drug-likeness (QED) is 0.0161. The van der Waals surface area contributed by atoms with Gasteiger partial charge < -0.3 is 33.0 Å². The Bertz CT molecular complexity index is 1220. The molecule has 3 atom stereocenters. The summed E-state index contributed by atoms with van der Waals surface area (Å²) in [4.78, 5) is 37.5. The van der Waals surface area contributed by atoms with Gasteiger partial charge in [-0.2, -0.15) is 0 Å². The van der Waals surface area contributed by atoms with E-state index in [1.807, 2.05) is 33.3 Å². The molecule has 0 radical (unpaired) electrons. The highest BCUT2D eigenvalue weighted by Crippen LogP contribution is 2.38. The first-order chi connectivity index (χ1) is 27.4. The lowest BCUT2D eigenvalue weighted by molar-refractivity contribution is -0.870. The number of unbranched alkanes of at least 4 members (excludes halogenated alkanes) is 11. The van der Waals surface area contributed by atoms with Crippen molar-refractivity contribution in [1.82, 2.24) is 0 Å². The lowest BCUT2D eigenvalue weighted by Gasteiger charge is -2.28. The van der Waals surface area contributed by atoms with Gasteiger partial charge in [-0.3, -0.25) is 14.2 Å². The van der Waals surface area contributed by atoms with E-state index < -0.39 is 38.6 Å². The number of likely N-dealkylation sites (N-methyl/N-ethyl adjacent to an activating group) is 1. The van der Waals surface area contributed by atoms with Crippen molar-refractivity contribution < 1.29 is 47.2 Å². The van der Waals surface area contributed by atoms with Crippen LogP contribution in [0.15, 0.2) is 72.9 Å². The summed E-state index contributed by atoms with van der Waals surface area (Å²) in [7, 11) is 1.03. The maximum atomic E-state index is 12.7. The van der Waals surface area contributed by atoms with Crippen molar-refractivity contribution in [3.05, 3.63) is 72.9 Å². The van der Waals surface area contributed by atoms with Crippen LogP contribution >= 0.6 is 7.82 Å². The number of aliphatic hydroxyl groups excluding tert-OH is 1. The Labute approximate surface area is 347 Å². The first-order valence-electron chi connectivity index (χ1n) is 21.8. The molecule has 328 valence electrons. The molecule has 11 heteroatoms. The molecule has 0 bridgehead atoms. The topological polar surface area (TPSA) is 131 Å². The maximum Gasteiger partial charge on any atom is 0.306 e. The summed E-state index contributed by atoms with van der Waals surface area (Å²) in [6.45, 7) is 3.84. The molecule has 0 aliphatic carbocycles. The smallest absolute Gasteiger partial charge is 0.306 e. The number of phosphoric ester groups is 1. The summed E-state index contributed by atoms with van der Waals surface area (Å²) in [5, 5.41) is 10.3.